The second-order valence-corrected chi connectivity index (χ2v) is 8.00. The van der Waals surface area contributed by atoms with Crippen LogP contribution in [0.1, 0.15) is 135 Å². The van der Waals surface area contributed by atoms with Crippen molar-refractivity contribution in [3.8, 4) is 0 Å². The fourth-order valence-electron chi connectivity index (χ4n) is 3.56. The fourth-order valence-corrected chi connectivity index (χ4v) is 3.56. The molecule has 0 aliphatic heterocycles. The molecule has 4 heteroatoms. The van der Waals surface area contributed by atoms with Crippen LogP contribution in [0, 0.1) is 0 Å². The third-order valence-electron chi connectivity index (χ3n) is 5.35. The van der Waals surface area contributed by atoms with Crippen LogP contribution in [0.25, 0.3) is 0 Å². The number of nitrogens with one attached hydrogen (secondary N) is 1. The molecule has 0 bridgehead atoms. The highest BCUT2D eigenvalue weighted by atomic mass is 16.5. The van der Waals surface area contributed by atoms with Gasteiger partial charge < -0.3 is 4.74 Å². The second kappa shape index (κ2) is 23.3. The van der Waals surface area contributed by atoms with Gasteiger partial charge in [0, 0.05) is 0 Å². The van der Waals surface area contributed by atoms with Crippen molar-refractivity contribution >= 4 is 6.09 Å². The number of carbonyl (C=O) groups is 1. The van der Waals surface area contributed by atoms with E-state index in [2.05, 4.69) is 6.92 Å². The molecule has 0 rings (SSSR count). The summed E-state index contributed by atoms with van der Waals surface area (Å²) in [6.45, 7) is 2.76. The van der Waals surface area contributed by atoms with Crippen LogP contribution in [-0.2, 0) is 4.74 Å². The molecule has 162 valence electrons. The number of hydrogen-bond donors (Lipinski definition) is 2. The van der Waals surface area contributed by atoms with Crippen LogP contribution in [0.3, 0.4) is 0 Å². The van der Waals surface area contributed by atoms with Gasteiger partial charge in [-0.25, -0.2) is 10.6 Å². The molecular weight excluding hydrogens is 336 g/mol. The summed E-state index contributed by atoms with van der Waals surface area (Å²) < 4.78 is 4.85. The summed E-state index contributed by atoms with van der Waals surface area (Å²) in [5.41, 5.74) is 1.97. The number of carbonyl (C=O) groups excluding carboxylic acids is 1. The van der Waals surface area contributed by atoms with Gasteiger partial charge in [-0.2, -0.15) is 0 Å². The van der Waals surface area contributed by atoms with Gasteiger partial charge in [0.2, 0.25) is 0 Å². The number of hydrogen-bond acceptors (Lipinski definition) is 3. The molecule has 0 aliphatic carbocycles. The lowest BCUT2D eigenvalue weighted by Gasteiger charge is -2.04. The Labute approximate surface area is 169 Å². The van der Waals surface area contributed by atoms with Crippen LogP contribution < -0.4 is 11.3 Å². The molecule has 0 aliphatic rings. The van der Waals surface area contributed by atoms with Crippen molar-refractivity contribution in [3.63, 3.8) is 0 Å². The molecule has 0 unspecified atom stereocenters. The van der Waals surface area contributed by atoms with E-state index in [-0.39, 0.29) is 0 Å². The Kier molecular flexibility index (Phi) is 22.6. The molecule has 1 amide bonds. The van der Waals surface area contributed by atoms with E-state index in [1.54, 1.807) is 0 Å². The summed E-state index contributed by atoms with van der Waals surface area (Å²) in [6.07, 6.45) is 26.9. The average molecular weight is 385 g/mol. The molecule has 3 N–H and O–H groups in total. The van der Waals surface area contributed by atoms with E-state index in [1.807, 2.05) is 5.43 Å². The minimum atomic E-state index is -0.534. The van der Waals surface area contributed by atoms with E-state index >= 15 is 0 Å². The molecule has 0 saturated carbocycles. The monoisotopic (exact) mass is 384 g/mol. The quantitative estimate of drug-likeness (QED) is 0.0937. The third-order valence-corrected chi connectivity index (χ3v) is 5.35. The minimum Gasteiger partial charge on any atom is -0.449 e. The fraction of sp³-hybridized carbons (Fsp3) is 0.957. The lowest BCUT2D eigenvalue weighted by atomic mass is 10.0. The first-order valence-corrected chi connectivity index (χ1v) is 11.9. The van der Waals surface area contributed by atoms with Crippen LogP contribution in [0.15, 0.2) is 0 Å². The summed E-state index contributed by atoms with van der Waals surface area (Å²) in [6, 6.07) is 0. The maximum absolute atomic E-state index is 10.8. The summed E-state index contributed by atoms with van der Waals surface area (Å²) in [5.74, 6) is 4.94. The standard InChI is InChI=1S/C23H48N2O2/c1-2-3-4-5-6-7-8-9-10-11-12-13-14-15-16-17-18-19-20-21-22-27-23(26)25-24/h2-22,24H2,1H3,(H,25,26). The number of unbranched alkanes of at least 4 members (excludes halogenated alkanes) is 19. The zero-order chi connectivity index (χ0) is 19.8. The van der Waals surface area contributed by atoms with Crippen molar-refractivity contribution in [2.75, 3.05) is 6.61 Å². The summed E-state index contributed by atoms with van der Waals surface area (Å²) in [4.78, 5) is 10.8. The first kappa shape index (κ1) is 26.2. The van der Waals surface area contributed by atoms with Crippen molar-refractivity contribution < 1.29 is 9.53 Å². The lowest BCUT2D eigenvalue weighted by Crippen LogP contribution is -2.30. The number of nitrogens with two attached hydrogens (primary N) is 1. The van der Waals surface area contributed by atoms with Gasteiger partial charge in [0.25, 0.3) is 0 Å². The first-order chi connectivity index (χ1) is 13.3. The highest BCUT2D eigenvalue weighted by molar-refractivity contribution is 5.66. The van der Waals surface area contributed by atoms with Crippen molar-refractivity contribution in [2.45, 2.75) is 135 Å². The Morgan fingerprint density at radius 3 is 1.19 bits per heavy atom. The van der Waals surface area contributed by atoms with Crippen LogP contribution in [0.4, 0.5) is 4.79 Å². The SMILES string of the molecule is CCCCCCCCCCCCCCCCCCCCCCOC(=O)NN. The van der Waals surface area contributed by atoms with Crippen LogP contribution in [-0.4, -0.2) is 12.7 Å². The van der Waals surface area contributed by atoms with Gasteiger partial charge in [-0.05, 0) is 6.42 Å². The average Bonchev–Trinajstić information content (AvgIpc) is 2.68. The molecule has 0 fully saturated rings. The zero-order valence-electron chi connectivity index (χ0n) is 18.2. The third kappa shape index (κ3) is 23.2. The molecule has 4 nitrogen and oxygen atoms in total. The Morgan fingerprint density at radius 2 is 0.889 bits per heavy atom. The minimum absolute atomic E-state index is 0.474. The summed E-state index contributed by atoms with van der Waals surface area (Å²) >= 11 is 0. The van der Waals surface area contributed by atoms with E-state index < -0.39 is 6.09 Å². The van der Waals surface area contributed by atoms with Crippen molar-refractivity contribution in [2.24, 2.45) is 5.84 Å². The smallest absolute Gasteiger partial charge is 0.421 e. The molecule has 0 aromatic rings. The van der Waals surface area contributed by atoms with Crippen molar-refractivity contribution in [1.29, 1.82) is 0 Å². The molecule has 0 radical (unpaired) electrons. The van der Waals surface area contributed by atoms with E-state index in [9.17, 15) is 4.79 Å². The van der Waals surface area contributed by atoms with Gasteiger partial charge in [-0.1, -0.05) is 129 Å². The molecule has 0 aromatic heterocycles. The Balaban J connectivity index is 3.00. The number of amides is 1. The Hall–Kier alpha value is -0.770. The van der Waals surface area contributed by atoms with Gasteiger partial charge in [-0.3, -0.25) is 5.43 Å². The van der Waals surface area contributed by atoms with Gasteiger partial charge >= 0.3 is 6.09 Å². The predicted octanol–water partition coefficient (Wildman–Crippen LogP) is 7.41. The predicted molar refractivity (Wildman–Crippen MR) is 117 cm³/mol. The molecule has 0 atom stereocenters. The second-order valence-electron chi connectivity index (χ2n) is 8.00. The van der Waals surface area contributed by atoms with E-state index in [0.717, 1.165) is 12.8 Å². The largest absolute Gasteiger partial charge is 0.449 e. The number of ether oxygens (including phenoxy) is 1. The molecule has 0 spiro atoms. The molecule has 27 heavy (non-hydrogen) atoms. The Bertz CT molecular complexity index is 298. The summed E-state index contributed by atoms with van der Waals surface area (Å²) in [7, 11) is 0. The van der Waals surface area contributed by atoms with E-state index in [1.165, 1.54) is 116 Å². The van der Waals surface area contributed by atoms with E-state index in [4.69, 9.17) is 10.6 Å². The van der Waals surface area contributed by atoms with Crippen molar-refractivity contribution in [1.82, 2.24) is 5.43 Å². The van der Waals surface area contributed by atoms with Crippen LogP contribution in [0.2, 0.25) is 0 Å². The highest BCUT2D eigenvalue weighted by Gasteiger charge is 1.98. The molecular formula is C23H48N2O2. The van der Waals surface area contributed by atoms with Gasteiger partial charge in [0.05, 0.1) is 6.61 Å². The van der Waals surface area contributed by atoms with Crippen LogP contribution >= 0.6 is 0 Å². The number of hydrazine groups is 1. The lowest BCUT2D eigenvalue weighted by molar-refractivity contribution is 0.144. The van der Waals surface area contributed by atoms with Crippen molar-refractivity contribution in [3.05, 3.63) is 0 Å². The summed E-state index contributed by atoms with van der Waals surface area (Å²) in [5, 5.41) is 0. The van der Waals surface area contributed by atoms with Gasteiger partial charge in [0.15, 0.2) is 0 Å². The maximum atomic E-state index is 10.8. The topological polar surface area (TPSA) is 64.3 Å². The first-order valence-electron chi connectivity index (χ1n) is 11.9. The molecule has 0 aromatic carbocycles. The normalized spacial score (nSPS) is 10.9. The van der Waals surface area contributed by atoms with Crippen LogP contribution in [0.5, 0.6) is 0 Å². The van der Waals surface area contributed by atoms with Gasteiger partial charge in [0.1, 0.15) is 0 Å². The number of rotatable bonds is 21. The van der Waals surface area contributed by atoms with Gasteiger partial charge in [-0.15, -0.1) is 0 Å². The molecule has 0 saturated heterocycles. The zero-order valence-corrected chi connectivity index (χ0v) is 18.2. The highest BCUT2D eigenvalue weighted by Crippen LogP contribution is 2.14. The Morgan fingerprint density at radius 1 is 0.593 bits per heavy atom. The maximum Gasteiger partial charge on any atom is 0.421 e. The van der Waals surface area contributed by atoms with E-state index in [0.29, 0.717) is 6.61 Å². The molecule has 0 heterocycles.